The molecule has 5 nitrogen and oxygen atoms in total. The number of rotatable bonds is 7. The minimum Gasteiger partial charge on any atom is -0.343 e. The fraction of sp³-hybridized carbons (Fsp3) is 0.550. The number of hydrogen-bond acceptors (Lipinski definition) is 3. The van der Waals surface area contributed by atoms with Crippen molar-refractivity contribution >= 4 is 5.91 Å². The zero-order chi connectivity index (χ0) is 17.5. The Morgan fingerprint density at radius 3 is 2.68 bits per heavy atom. The minimum absolute atomic E-state index is 0.308. The Bertz CT molecular complexity index is 659. The number of benzene rings is 1. The molecule has 2 heterocycles. The lowest BCUT2D eigenvalue weighted by Crippen LogP contribution is -2.38. The number of carbonyl (C=O) groups excluding carboxylic acids is 1. The van der Waals surface area contributed by atoms with E-state index < -0.39 is 0 Å². The van der Waals surface area contributed by atoms with Crippen molar-refractivity contribution in [2.75, 3.05) is 13.1 Å². The maximum absolute atomic E-state index is 12.4. The molecule has 1 saturated heterocycles. The Morgan fingerprint density at radius 2 is 2.00 bits per heavy atom. The van der Waals surface area contributed by atoms with Gasteiger partial charge in [-0.1, -0.05) is 37.3 Å². The van der Waals surface area contributed by atoms with Crippen LogP contribution in [-0.4, -0.2) is 39.1 Å². The Labute approximate surface area is 149 Å². The number of H-pyrrole nitrogens is 1. The first-order valence-electron chi connectivity index (χ1n) is 9.46. The number of carbonyl (C=O) groups is 1. The van der Waals surface area contributed by atoms with Crippen LogP contribution in [0.4, 0.5) is 0 Å². The van der Waals surface area contributed by atoms with Crippen LogP contribution < -0.4 is 0 Å². The van der Waals surface area contributed by atoms with Crippen LogP contribution >= 0.6 is 0 Å². The van der Waals surface area contributed by atoms with Gasteiger partial charge in [0, 0.05) is 32.4 Å². The third kappa shape index (κ3) is 5.15. The van der Waals surface area contributed by atoms with Crippen LogP contribution in [0.1, 0.15) is 49.8 Å². The maximum atomic E-state index is 12.4. The number of nitrogens with one attached hydrogen (secondary N) is 1. The first-order chi connectivity index (χ1) is 12.2. The van der Waals surface area contributed by atoms with Gasteiger partial charge in [0.2, 0.25) is 5.91 Å². The molecule has 0 unspecified atom stereocenters. The van der Waals surface area contributed by atoms with Crippen LogP contribution in [-0.2, 0) is 24.1 Å². The summed E-state index contributed by atoms with van der Waals surface area (Å²) >= 11 is 0. The van der Waals surface area contributed by atoms with Gasteiger partial charge in [-0.15, -0.1) is 0 Å². The fourth-order valence-electron chi connectivity index (χ4n) is 3.49. The summed E-state index contributed by atoms with van der Waals surface area (Å²) in [7, 11) is 0. The predicted molar refractivity (Wildman–Crippen MR) is 98.1 cm³/mol. The van der Waals surface area contributed by atoms with Gasteiger partial charge in [-0.2, -0.15) is 5.10 Å². The lowest BCUT2D eigenvalue weighted by molar-refractivity contribution is -0.132. The number of aromatic nitrogens is 3. The average molecular weight is 340 g/mol. The molecule has 1 N–H and O–H groups in total. The lowest BCUT2D eigenvalue weighted by Gasteiger charge is -2.31. The molecule has 0 radical (unpaired) electrons. The summed E-state index contributed by atoms with van der Waals surface area (Å²) in [5, 5.41) is 7.24. The predicted octanol–water partition coefficient (Wildman–Crippen LogP) is 3.17. The summed E-state index contributed by atoms with van der Waals surface area (Å²) in [5.41, 5.74) is 1.31. The smallest absolute Gasteiger partial charge is 0.222 e. The van der Waals surface area contributed by atoms with Crippen LogP contribution in [0.2, 0.25) is 0 Å². The normalized spacial score (nSPS) is 15.5. The van der Waals surface area contributed by atoms with E-state index in [1.54, 1.807) is 0 Å². The van der Waals surface area contributed by atoms with Gasteiger partial charge in [0.05, 0.1) is 0 Å². The van der Waals surface area contributed by atoms with E-state index in [1.165, 1.54) is 5.56 Å². The molecule has 1 aliphatic rings. The Morgan fingerprint density at radius 1 is 1.24 bits per heavy atom. The van der Waals surface area contributed by atoms with Gasteiger partial charge in [0.1, 0.15) is 11.6 Å². The molecule has 134 valence electrons. The molecule has 1 aromatic carbocycles. The van der Waals surface area contributed by atoms with Crippen LogP contribution in [0.3, 0.4) is 0 Å². The second kappa shape index (κ2) is 8.79. The SMILES string of the molecule is CCc1n[nH]c(CC2CCN(C(=O)CCCc3ccccc3)CC2)n1. The standard InChI is InChI=1S/C20H28N4O/c1-2-18-21-19(23-22-18)15-17-11-13-24(14-12-17)20(25)10-6-9-16-7-4-3-5-8-16/h3-5,7-8,17H,2,6,9-15H2,1H3,(H,21,22,23). The van der Waals surface area contributed by atoms with E-state index in [-0.39, 0.29) is 0 Å². The number of piperidine rings is 1. The summed E-state index contributed by atoms with van der Waals surface area (Å²) in [5.74, 6) is 2.79. The number of hydrogen-bond donors (Lipinski definition) is 1. The van der Waals surface area contributed by atoms with E-state index in [9.17, 15) is 4.79 Å². The monoisotopic (exact) mass is 340 g/mol. The molecule has 0 aliphatic carbocycles. The number of likely N-dealkylation sites (tertiary alicyclic amines) is 1. The Kier molecular flexibility index (Phi) is 6.20. The van der Waals surface area contributed by atoms with Crippen molar-refractivity contribution in [2.24, 2.45) is 5.92 Å². The van der Waals surface area contributed by atoms with Crippen molar-refractivity contribution < 1.29 is 4.79 Å². The summed E-state index contributed by atoms with van der Waals surface area (Å²) in [6.45, 7) is 3.82. The number of aryl methyl sites for hydroxylation is 2. The van der Waals surface area contributed by atoms with Gasteiger partial charge in [0.15, 0.2) is 0 Å². The Balaban J connectivity index is 1.37. The van der Waals surface area contributed by atoms with E-state index in [2.05, 4.69) is 46.4 Å². The van der Waals surface area contributed by atoms with Crippen LogP contribution in [0.25, 0.3) is 0 Å². The van der Waals surface area contributed by atoms with Crippen molar-refractivity contribution in [3.05, 3.63) is 47.5 Å². The molecule has 3 rings (SSSR count). The molecule has 2 aromatic rings. The highest BCUT2D eigenvalue weighted by Gasteiger charge is 2.23. The van der Waals surface area contributed by atoms with Crippen LogP contribution in [0.15, 0.2) is 30.3 Å². The van der Waals surface area contributed by atoms with E-state index in [4.69, 9.17) is 0 Å². The molecule has 25 heavy (non-hydrogen) atoms. The summed E-state index contributed by atoms with van der Waals surface area (Å²) in [6.07, 6.45) is 6.51. The second-order valence-corrected chi connectivity index (χ2v) is 6.92. The van der Waals surface area contributed by atoms with E-state index in [0.717, 1.165) is 63.3 Å². The first kappa shape index (κ1) is 17.6. The van der Waals surface area contributed by atoms with Crippen LogP contribution in [0, 0.1) is 5.92 Å². The number of aromatic amines is 1. The van der Waals surface area contributed by atoms with Gasteiger partial charge < -0.3 is 4.90 Å². The molecule has 0 bridgehead atoms. The lowest BCUT2D eigenvalue weighted by atomic mass is 9.93. The van der Waals surface area contributed by atoms with E-state index in [1.807, 2.05) is 11.0 Å². The minimum atomic E-state index is 0.308. The largest absolute Gasteiger partial charge is 0.343 e. The first-order valence-corrected chi connectivity index (χ1v) is 9.46. The average Bonchev–Trinajstić information content (AvgIpc) is 3.11. The number of nitrogens with zero attached hydrogens (tertiary/aromatic N) is 3. The maximum Gasteiger partial charge on any atom is 0.222 e. The zero-order valence-corrected chi connectivity index (χ0v) is 15.1. The fourth-order valence-corrected chi connectivity index (χ4v) is 3.49. The van der Waals surface area contributed by atoms with Crippen molar-refractivity contribution in [2.45, 2.75) is 51.9 Å². The van der Waals surface area contributed by atoms with Gasteiger partial charge in [-0.25, -0.2) is 4.98 Å². The molecule has 1 aromatic heterocycles. The third-order valence-electron chi connectivity index (χ3n) is 5.04. The molecule has 1 amide bonds. The highest BCUT2D eigenvalue weighted by molar-refractivity contribution is 5.76. The van der Waals surface area contributed by atoms with E-state index >= 15 is 0 Å². The molecule has 1 fully saturated rings. The highest BCUT2D eigenvalue weighted by Crippen LogP contribution is 2.21. The Hall–Kier alpha value is -2.17. The van der Waals surface area contributed by atoms with Crippen LogP contribution in [0.5, 0.6) is 0 Å². The topological polar surface area (TPSA) is 61.9 Å². The highest BCUT2D eigenvalue weighted by atomic mass is 16.2. The van der Waals surface area contributed by atoms with Gasteiger partial charge in [-0.3, -0.25) is 9.89 Å². The molecule has 5 heteroatoms. The van der Waals surface area contributed by atoms with Crippen molar-refractivity contribution in [3.8, 4) is 0 Å². The van der Waals surface area contributed by atoms with Crippen molar-refractivity contribution in [1.29, 1.82) is 0 Å². The third-order valence-corrected chi connectivity index (χ3v) is 5.04. The summed E-state index contributed by atoms with van der Waals surface area (Å²) in [4.78, 5) is 18.9. The molecule has 0 saturated carbocycles. The van der Waals surface area contributed by atoms with E-state index in [0.29, 0.717) is 18.2 Å². The molecular weight excluding hydrogens is 312 g/mol. The molecule has 0 spiro atoms. The molecular formula is C20H28N4O. The van der Waals surface area contributed by atoms with Crippen molar-refractivity contribution in [1.82, 2.24) is 20.1 Å². The summed E-state index contributed by atoms with van der Waals surface area (Å²) < 4.78 is 0. The molecule has 1 aliphatic heterocycles. The van der Waals surface area contributed by atoms with Gasteiger partial charge in [0.25, 0.3) is 0 Å². The zero-order valence-electron chi connectivity index (χ0n) is 15.1. The van der Waals surface area contributed by atoms with Gasteiger partial charge >= 0.3 is 0 Å². The van der Waals surface area contributed by atoms with Crippen molar-refractivity contribution in [3.63, 3.8) is 0 Å². The quantitative estimate of drug-likeness (QED) is 0.842. The second-order valence-electron chi connectivity index (χ2n) is 6.92. The summed E-state index contributed by atoms with van der Waals surface area (Å²) in [6, 6.07) is 10.4. The van der Waals surface area contributed by atoms with Gasteiger partial charge in [-0.05, 0) is 37.2 Å². The molecule has 0 atom stereocenters. The number of amides is 1.